The van der Waals surface area contributed by atoms with Crippen LogP contribution in [0.2, 0.25) is 0 Å². The van der Waals surface area contributed by atoms with Crippen molar-refractivity contribution in [1.82, 2.24) is 0 Å². The molecule has 220 valence electrons. The van der Waals surface area contributed by atoms with Gasteiger partial charge in [0.15, 0.2) is 0 Å². The Balaban J connectivity index is 1.14. The van der Waals surface area contributed by atoms with E-state index in [1.165, 1.54) is 44.9 Å². The number of ether oxygens (including phenoxy) is 1. The van der Waals surface area contributed by atoms with E-state index in [0.29, 0.717) is 27.7 Å². The molecule has 0 aromatic heterocycles. The highest BCUT2D eigenvalue weighted by molar-refractivity contribution is 14.1. The summed E-state index contributed by atoms with van der Waals surface area (Å²) in [5, 5.41) is 0. The SMILES string of the molecule is CC(C)[C@@H](C)[C@@]1(C)C[C@@H]1[C@@H](C)[C@H]1CC[C@H]2C3=CC[C@H]4C[C@@H](OC(=O)c5ccc(I)cc5)CC[C@]4(C)[C@H]3CC[C@]12C. The zero-order valence-electron chi connectivity index (χ0n) is 26.1. The Hall–Kier alpha value is -0.840. The lowest BCUT2D eigenvalue weighted by Gasteiger charge is -2.58. The van der Waals surface area contributed by atoms with Crippen molar-refractivity contribution in [2.75, 3.05) is 0 Å². The highest BCUT2D eigenvalue weighted by Gasteiger charge is 2.63. The minimum absolute atomic E-state index is 0.0615. The van der Waals surface area contributed by atoms with Crippen LogP contribution < -0.4 is 0 Å². The maximum atomic E-state index is 12.9. The summed E-state index contributed by atoms with van der Waals surface area (Å²) in [5.41, 5.74) is 3.94. The first-order valence-electron chi connectivity index (χ1n) is 16.5. The van der Waals surface area contributed by atoms with Crippen LogP contribution in [-0.4, -0.2) is 12.1 Å². The van der Waals surface area contributed by atoms with E-state index in [1.54, 1.807) is 0 Å². The third kappa shape index (κ3) is 4.66. The second-order valence-corrected chi connectivity index (χ2v) is 17.2. The molecule has 0 radical (unpaired) electrons. The maximum absolute atomic E-state index is 12.9. The average Bonchev–Trinajstić information content (AvgIpc) is 3.49. The molecule has 4 saturated carbocycles. The quantitative estimate of drug-likeness (QED) is 0.173. The highest BCUT2D eigenvalue weighted by atomic mass is 127. The zero-order chi connectivity index (χ0) is 28.6. The van der Waals surface area contributed by atoms with Gasteiger partial charge in [0, 0.05) is 3.57 Å². The standard InChI is InChI=1S/C37H53IO2/c1-22(2)24(4)37(7)21-33(37)23(3)30-14-15-31-29-13-10-26-20-28(40-34(39)25-8-11-27(38)12-9-25)16-18-35(26,5)32(29)17-19-36(30,31)6/h8-9,11-13,22-24,26,28,30-33H,10,14-21H2,1-7H3/t23-,24+,26-,28-,30+,31-,32-,33+,35-,36+,37+/m0/s1. The van der Waals surface area contributed by atoms with Gasteiger partial charge in [-0.1, -0.05) is 60.1 Å². The molecule has 1 aromatic carbocycles. The summed E-state index contributed by atoms with van der Waals surface area (Å²) < 4.78 is 7.23. The Kier molecular flexibility index (Phi) is 7.61. The highest BCUT2D eigenvalue weighted by Crippen LogP contribution is 2.71. The van der Waals surface area contributed by atoms with Gasteiger partial charge in [0.1, 0.15) is 6.10 Å². The molecule has 40 heavy (non-hydrogen) atoms. The number of fused-ring (bicyclic) bond motifs is 5. The molecule has 5 aliphatic rings. The van der Waals surface area contributed by atoms with Gasteiger partial charge in [0.05, 0.1) is 5.56 Å². The normalized spacial score (nSPS) is 43.7. The van der Waals surface area contributed by atoms with Crippen LogP contribution in [0.15, 0.2) is 35.9 Å². The number of benzene rings is 1. The van der Waals surface area contributed by atoms with Crippen molar-refractivity contribution in [3.05, 3.63) is 45.0 Å². The molecule has 4 fully saturated rings. The topological polar surface area (TPSA) is 26.3 Å². The van der Waals surface area contributed by atoms with Crippen LogP contribution in [0.1, 0.15) is 117 Å². The van der Waals surface area contributed by atoms with E-state index in [9.17, 15) is 4.79 Å². The number of allylic oxidation sites excluding steroid dienone is 2. The fourth-order valence-corrected chi connectivity index (χ4v) is 11.4. The summed E-state index contributed by atoms with van der Waals surface area (Å²) >= 11 is 2.28. The monoisotopic (exact) mass is 656 g/mol. The van der Waals surface area contributed by atoms with Crippen LogP contribution in [-0.2, 0) is 4.74 Å². The van der Waals surface area contributed by atoms with Crippen molar-refractivity contribution in [3.63, 3.8) is 0 Å². The smallest absolute Gasteiger partial charge is 0.338 e. The van der Waals surface area contributed by atoms with Gasteiger partial charge in [-0.15, -0.1) is 0 Å². The molecule has 0 heterocycles. The van der Waals surface area contributed by atoms with Crippen LogP contribution in [0.4, 0.5) is 0 Å². The number of halogens is 1. The molecule has 5 aliphatic carbocycles. The van der Waals surface area contributed by atoms with Gasteiger partial charge in [-0.25, -0.2) is 4.79 Å². The summed E-state index contributed by atoms with van der Waals surface area (Å²) in [6.07, 6.45) is 14.3. The van der Waals surface area contributed by atoms with Crippen LogP contribution in [0, 0.1) is 67.2 Å². The summed E-state index contributed by atoms with van der Waals surface area (Å²) in [6.45, 7) is 17.9. The van der Waals surface area contributed by atoms with Crippen molar-refractivity contribution in [1.29, 1.82) is 0 Å². The Labute approximate surface area is 258 Å². The zero-order valence-corrected chi connectivity index (χ0v) is 28.3. The number of esters is 1. The van der Waals surface area contributed by atoms with Gasteiger partial charge in [-0.2, -0.15) is 0 Å². The summed E-state index contributed by atoms with van der Waals surface area (Å²) in [5.74, 6) is 6.27. The van der Waals surface area contributed by atoms with E-state index in [0.717, 1.165) is 57.8 Å². The maximum Gasteiger partial charge on any atom is 0.338 e. The van der Waals surface area contributed by atoms with Crippen molar-refractivity contribution >= 4 is 28.6 Å². The minimum atomic E-state index is -0.147. The molecule has 0 spiro atoms. The van der Waals surface area contributed by atoms with Gasteiger partial charge in [0.25, 0.3) is 0 Å². The number of rotatable bonds is 6. The average molecular weight is 657 g/mol. The van der Waals surface area contributed by atoms with E-state index in [2.05, 4.69) is 77.1 Å². The first-order chi connectivity index (χ1) is 18.9. The summed E-state index contributed by atoms with van der Waals surface area (Å²) in [4.78, 5) is 12.9. The van der Waals surface area contributed by atoms with Gasteiger partial charge in [-0.3, -0.25) is 0 Å². The van der Waals surface area contributed by atoms with E-state index in [-0.39, 0.29) is 12.1 Å². The Morgan fingerprint density at radius 1 is 0.900 bits per heavy atom. The van der Waals surface area contributed by atoms with E-state index >= 15 is 0 Å². The minimum Gasteiger partial charge on any atom is -0.459 e. The van der Waals surface area contributed by atoms with Gasteiger partial charge in [0.2, 0.25) is 0 Å². The number of hydrogen-bond acceptors (Lipinski definition) is 2. The molecular weight excluding hydrogens is 603 g/mol. The van der Waals surface area contributed by atoms with Crippen molar-refractivity contribution in [2.24, 2.45) is 63.6 Å². The molecule has 3 heteroatoms. The fraction of sp³-hybridized carbons (Fsp3) is 0.757. The molecular formula is C37H53IO2. The molecule has 0 unspecified atom stereocenters. The predicted molar refractivity (Wildman–Crippen MR) is 173 cm³/mol. The molecule has 0 aliphatic heterocycles. The molecule has 1 aromatic rings. The van der Waals surface area contributed by atoms with E-state index in [1.807, 2.05) is 29.8 Å². The number of carbonyl (C=O) groups is 1. The summed E-state index contributed by atoms with van der Waals surface area (Å²) in [6, 6.07) is 7.78. The van der Waals surface area contributed by atoms with Crippen LogP contribution in [0.3, 0.4) is 0 Å². The van der Waals surface area contributed by atoms with E-state index in [4.69, 9.17) is 4.74 Å². The molecule has 0 amide bonds. The van der Waals surface area contributed by atoms with Gasteiger partial charge >= 0.3 is 5.97 Å². The van der Waals surface area contributed by atoms with Crippen molar-refractivity contribution < 1.29 is 9.53 Å². The fourth-order valence-electron chi connectivity index (χ4n) is 11.1. The first kappa shape index (κ1) is 29.2. The third-order valence-corrected chi connectivity index (χ3v) is 14.8. The lowest BCUT2D eigenvalue weighted by Crippen LogP contribution is -2.50. The largest absolute Gasteiger partial charge is 0.459 e. The van der Waals surface area contributed by atoms with Crippen LogP contribution in [0.25, 0.3) is 0 Å². The second kappa shape index (κ2) is 10.4. The van der Waals surface area contributed by atoms with Crippen molar-refractivity contribution in [3.8, 4) is 0 Å². The molecule has 2 nitrogen and oxygen atoms in total. The van der Waals surface area contributed by atoms with Gasteiger partial charge < -0.3 is 4.74 Å². The number of hydrogen-bond donors (Lipinski definition) is 0. The molecule has 6 rings (SSSR count). The molecule has 0 saturated heterocycles. The first-order valence-corrected chi connectivity index (χ1v) is 17.6. The predicted octanol–water partition coefficient (Wildman–Crippen LogP) is 10.3. The van der Waals surface area contributed by atoms with Crippen molar-refractivity contribution in [2.45, 2.75) is 112 Å². The molecule has 11 atom stereocenters. The Bertz CT molecular complexity index is 1150. The molecule has 0 N–H and O–H groups in total. The van der Waals surface area contributed by atoms with E-state index < -0.39 is 0 Å². The second-order valence-electron chi connectivity index (χ2n) is 16.0. The number of carbonyl (C=O) groups excluding carboxylic acids is 1. The Morgan fingerprint density at radius 2 is 1.57 bits per heavy atom. The Morgan fingerprint density at radius 3 is 2.27 bits per heavy atom. The lowest BCUT2D eigenvalue weighted by atomic mass is 9.47. The molecule has 0 bridgehead atoms. The van der Waals surface area contributed by atoms with Gasteiger partial charge in [-0.05, 0) is 168 Å². The third-order valence-electron chi connectivity index (χ3n) is 14.1. The lowest BCUT2D eigenvalue weighted by molar-refractivity contribution is -0.0529. The van der Waals surface area contributed by atoms with Crippen LogP contribution >= 0.6 is 22.6 Å². The van der Waals surface area contributed by atoms with Crippen LogP contribution in [0.5, 0.6) is 0 Å². The summed E-state index contributed by atoms with van der Waals surface area (Å²) in [7, 11) is 0.